The van der Waals surface area contributed by atoms with Gasteiger partial charge >= 0.3 is 0 Å². The van der Waals surface area contributed by atoms with Gasteiger partial charge in [0, 0.05) is 17.3 Å². The van der Waals surface area contributed by atoms with Gasteiger partial charge in [0.15, 0.2) is 0 Å². The van der Waals surface area contributed by atoms with Crippen molar-refractivity contribution in [2.45, 2.75) is 32.2 Å². The molecule has 4 rings (SSSR count). The molecule has 6 nitrogen and oxygen atoms in total. The summed E-state index contributed by atoms with van der Waals surface area (Å²) in [6.07, 6.45) is 7.75. The van der Waals surface area contributed by atoms with E-state index in [1.54, 1.807) is 14.2 Å². The van der Waals surface area contributed by atoms with Crippen LogP contribution in [0.25, 0.3) is 0 Å². The standard InChI is InChI=1S/C20H23N3O3S/c1-25-13-5-3-4-12(8-13)15-9-16(15)19(24)22-20-17(10-21)14-6-7-23(26-2)11-18(14)27-20/h5,8,15-16H,3-4,6-7,9,11H2,1-2H3,(H,22,24). The molecule has 1 N–H and O–H groups in total. The summed E-state index contributed by atoms with van der Waals surface area (Å²) < 4.78 is 5.32. The number of methoxy groups -OCH3 is 1. The molecular formula is C20H23N3O3S. The van der Waals surface area contributed by atoms with E-state index < -0.39 is 0 Å². The molecule has 1 saturated carbocycles. The molecule has 142 valence electrons. The first-order valence-electron chi connectivity index (χ1n) is 9.23. The SMILES string of the molecule is COC1=CCCC(C2CC2C(=O)Nc2sc3c(c2C#N)CCN(OC)C3)=C1. The number of fused-ring (bicyclic) bond motifs is 1. The minimum atomic E-state index is -0.00593. The molecule has 2 heterocycles. The Hall–Kier alpha value is -2.14. The molecule has 1 fully saturated rings. The van der Waals surface area contributed by atoms with E-state index >= 15 is 0 Å². The zero-order valence-corrected chi connectivity index (χ0v) is 16.4. The number of hydrogen-bond donors (Lipinski definition) is 1. The topological polar surface area (TPSA) is 74.6 Å². The molecule has 27 heavy (non-hydrogen) atoms. The molecule has 0 bridgehead atoms. The number of nitrogens with zero attached hydrogens (tertiary/aromatic N) is 2. The largest absolute Gasteiger partial charge is 0.497 e. The third-order valence-electron chi connectivity index (χ3n) is 5.57. The Morgan fingerprint density at radius 1 is 1.41 bits per heavy atom. The summed E-state index contributed by atoms with van der Waals surface area (Å²) in [5.41, 5.74) is 2.98. The van der Waals surface area contributed by atoms with Gasteiger partial charge in [-0.1, -0.05) is 5.57 Å². The average molecular weight is 385 g/mol. The van der Waals surface area contributed by atoms with Crippen molar-refractivity contribution in [3.8, 4) is 6.07 Å². The van der Waals surface area contributed by atoms with E-state index in [1.165, 1.54) is 16.9 Å². The Balaban J connectivity index is 1.46. The van der Waals surface area contributed by atoms with Gasteiger partial charge in [0.2, 0.25) is 5.91 Å². The van der Waals surface area contributed by atoms with E-state index in [9.17, 15) is 10.1 Å². The quantitative estimate of drug-likeness (QED) is 0.841. The van der Waals surface area contributed by atoms with Crippen LogP contribution in [-0.2, 0) is 27.3 Å². The smallest absolute Gasteiger partial charge is 0.228 e. The summed E-state index contributed by atoms with van der Waals surface area (Å²) in [5, 5.41) is 15.2. The molecule has 1 amide bonds. The van der Waals surface area contributed by atoms with Crippen LogP contribution in [0.5, 0.6) is 0 Å². The summed E-state index contributed by atoms with van der Waals surface area (Å²) >= 11 is 1.50. The van der Waals surface area contributed by atoms with Crippen LogP contribution in [0.1, 0.15) is 35.3 Å². The summed E-state index contributed by atoms with van der Waals surface area (Å²) in [4.78, 5) is 19.2. The predicted octanol–water partition coefficient (Wildman–Crippen LogP) is 3.36. The second-order valence-electron chi connectivity index (χ2n) is 7.12. The van der Waals surface area contributed by atoms with Gasteiger partial charge in [-0.25, -0.2) is 0 Å². The Labute approximate surface area is 163 Å². The summed E-state index contributed by atoms with van der Waals surface area (Å²) in [6.45, 7) is 1.42. The van der Waals surface area contributed by atoms with E-state index in [2.05, 4.69) is 23.5 Å². The van der Waals surface area contributed by atoms with Crippen LogP contribution >= 0.6 is 11.3 Å². The third kappa shape index (κ3) is 3.53. The van der Waals surface area contributed by atoms with E-state index in [4.69, 9.17) is 9.57 Å². The van der Waals surface area contributed by atoms with Crippen molar-refractivity contribution >= 4 is 22.2 Å². The number of allylic oxidation sites excluding steroid dienone is 3. The second-order valence-corrected chi connectivity index (χ2v) is 8.23. The highest BCUT2D eigenvalue weighted by Gasteiger charge is 2.45. The maximum absolute atomic E-state index is 12.8. The second kappa shape index (κ2) is 7.47. The molecule has 1 aromatic heterocycles. The molecular weight excluding hydrogens is 362 g/mol. The number of ether oxygens (including phenoxy) is 1. The molecule has 0 saturated heterocycles. The summed E-state index contributed by atoms with van der Waals surface area (Å²) in [7, 11) is 3.33. The van der Waals surface area contributed by atoms with Crippen molar-refractivity contribution in [3.05, 3.63) is 39.5 Å². The minimum Gasteiger partial charge on any atom is -0.497 e. The number of thiophene rings is 1. The lowest BCUT2D eigenvalue weighted by molar-refractivity contribution is -0.141. The normalized spacial score (nSPS) is 24.3. The highest BCUT2D eigenvalue weighted by molar-refractivity contribution is 7.16. The lowest BCUT2D eigenvalue weighted by Crippen LogP contribution is -2.28. The Morgan fingerprint density at radius 2 is 2.26 bits per heavy atom. The number of nitriles is 1. The van der Waals surface area contributed by atoms with Gasteiger partial charge in [0.25, 0.3) is 0 Å². The number of hydroxylamine groups is 2. The third-order valence-corrected chi connectivity index (χ3v) is 6.71. The highest BCUT2D eigenvalue weighted by Crippen LogP contribution is 2.48. The number of amides is 1. The monoisotopic (exact) mass is 385 g/mol. The van der Waals surface area contributed by atoms with Gasteiger partial charge in [-0.05, 0) is 49.3 Å². The van der Waals surface area contributed by atoms with Crippen LogP contribution in [0.4, 0.5) is 5.00 Å². The first-order valence-corrected chi connectivity index (χ1v) is 10.1. The van der Waals surface area contributed by atoms with Gasteiger partial charge in [0.05, 0.1) is 26.3 Å². The number of carbonyl (C=O) groups excluding carboxylic acids is 1. The van der Waals surface area contributed by atoms with Crippen molar-refractivity contribution < 1.29 is 14.4 Å². The molecule has 0 aromatic carbocycles. The first-order chi connectivity index (χ1) is 13.1. The number of rotatable bonds is 5. The van der Waals surface area contributed by atoms with Gasteiger partial charge in [-0.2, -0.15) is 10.3 Å². The molecule has 2 aliphatic carbocycles. The number of hydrogen-bond acceptors (Lipinski definition) is 6. The van der Waals surface area contributed by atoms with E-state index in [-0.39, 0.29) is 11.8 Å². The van der Waals surface area contributed by atoms with Crippen molar-refractivity contribution in [1.82, 2.24) is 5.06 Å². The van der Waals surface area contributed by atoms with Crippen molar-refractivity contribution in [3.63, 3.8) is 0 Å². The summed E-state index contributed by atoms with van der Waals surface area (Å²) in [5.74, 6) is 1.21. The van der Waals surface area contributed by atoms with Gasteiger partial charge in [0.1, 0.15) is 16.8 Å². The molecule has 1 aromatic rings. The molecule has 1 aliphatic heterocycles. The average Bonchev–Trinajstić information content (AvgIpc) is 3.43. The number of carbonyl (C=O) groups is 1. The lowest BCUT2D eigenvalue weighted by Gasteiger charge is -2.23. The molecule has 7 heteroatoms. The minimum absolute atomic E-state index is 0.00593. The van der Waals surface area contributed by atoms with Gasteiger partial charge in [-0.15, -0.1) is 11.3 Å². The first kappa shape index (κ1) is 18.2. The fourth-order valence-corrected chi connectivity index (χ4v) is 5.18. The molecule has 2 atom stereocenters. The predicted molar refractivity (Wildman–Crippen MR) is 103 cm³/mol. The zero-order valence-electron chi connectivity index (χ0n) is 15.6. The Kier molecular flexibility index (Phi) is 5.04. The fourth-order valence-electron chi connectivity index (χ4n) is 3.97. The fraction of sp³-hybridized carbons (Fsp3) is 0.500. The van der Waals surface area contributed by atoms with E-state index in [1.807, 2.05) is 5.06 Å². The van der Waals surface area contributed by atoms with Gasteiger partial charge in [-0.3, -0.25) is 4.79 Å². The van der Waals surface area contributed by atoms with Gasteiger partial charge < -0.3 is 14.9 Å². The number of anilines is 1. The maximum atomic E-state index is 12.8. The van der Waals surface area contributed by atoms with Crippen LogP contribution in [0.15, 0.2) is 23.5 Å². The highest BCUT2D eigenvalue weighted by atomic mass is 32.1. The Bertz CT molecular complexity index is 865. The zero-order chi connectivity index (χ0) is 19.0. The van der Waals surface area contributed by atoms with E-state index in [0.29, 0.717) is 23.0 Å². The van der Waals surface area contributed by atoms with Crippen LogP contribution < -0.4 is 5.32 Å². The number of nitrogens with one attached hydrogen (secondary N) is 1. The van der Waals surface area contributed by atoms with E-state index in [0.717, 1.165) is 48.4 Å². The molecule has 3 aliphatic rings. The summed E-state index contributed by atoms with van der Waals surface area (Å²) in [6, 6.07) is 2.29. The molecule has 2 unspecified atom stereocenters. The van der Waals surface area contributed by atoms with Crippen LogP contribution in [0, 0.1) is 23.2 Å². The van der Waals surface area contributed by atoms with Crippen molar-refractivity contribution in [2.75, 3.05) is 26.1 Å². The van der Waals surface area contributed by atoms with Crippen molar-refractivity contribution in [2.24, 2.45) is 11.8 Å². The lowest BCUT2D eigenvalue weighted by atomic mass is 9.98. The maximum Gasteiger partial charge on any atom is 0.228 e. The van der Waals surface area contributed by atoms with Crippen LogP contribution in [0.3, 0.4) is 0 Å². The Morgan fingerprint density at radius 3 is 3.00 bits per heavy atom. The van der Waals surface area contributed by atoms with Crippen LogP contribution in [-0.4, -0.2) is 31.7 Å². The van der Waals surface area contributed by atoms with Crippen LogP contribution in [0.2, 0.25) is 0 Å². The molecule has 0 spiro atoms. The van der Waals surface area contributed by atoms with Crippen molar-refractivity contribution in [1.29, 1.82) is 5.26 Å². The molecule has 0 radical (unpaired) electrons.